The summed E-state index contributed by atoms with van der Waals surface area (Å²) in [6, 6.07) is 23.6. The van der Waals surface area contributed by atoms with Gasteiger partial charge in [-0.1, -0.05) is 92.1 Å². The molecule has 3 aromatic carbocycles. The van der Waals surface area contributed by atoms with Gasteiger partial charge in [0.1, 0.15) is 0 Å². The van der Waals surface area contributed by atoms with Crippen molar-refractivity contribution in [2.24, 2.45) is 0 Å². The van der Waals surface area contributed by atoms with E-state index in [1.54, 1.807) is 0 Å². The zero-order valence-electron chi connectivity index (χ0n) is 18.7. The monoisotopic (exact) mass is 482 g/mol. The molecule has 3 aliphatic rings. The molecule has 6 heteroatoms. The maximum Gasteiger partial charge on any atom is 0.154 e. The summed E-state index contributed by atoms with van der Waals surface area (Å²) < 4.78 is 50.2. The molecule has 0 amide bonds. The largest absolute Gasteiger partial charge is 0.228 e. The number of fused-ring (bicyclic) bond motifs is 2. The average Bonchev–Trinajstić information content (AvgIpc) is 2.78. The molecule has 3 aromatic rings. The normalized spacial score (nSPS) is 18.8. The predicted molar refractivity (Wildman–Crippen MR) is 135 cm³/mol. The lowest BCUT2D eigenvalue weighted by Gasteiger charge is -2.12. The summed E-state index contributed by atoms with van der Waals surface area (Å²) in [6.45, 7) is 0. The highest BCUT2D eigenvalue weighted by molar-refractivity contribution is 7.90. The van der Waals surface area contributed by atoms with E-state index < -0.39 is 19.7 Å². The van der Waals surface area contributed by atoms with Crippen LogP contribution >= 0.6 is 0 Å². The van der Waals surface area contributed by atoms with Crippen LogP contribution in [0.2, 0.25) is 0 Å². The molecule has 0 aliphatic carbocycles. The first kappa shape index (κ1) is 23.7. The summed E-state index contributed by atoms with van der Waals surface area (Å²) in [4.78, 5) is 0. The van der Waals surface area contributed by atoms with E-state index in [1.807, 2.05) is 60.7 Å². The van der Waals surface area contributed by atoms with Gasteiger partial charge >= 0.3 is 0 Å². The fourth-order valence-electron chi connectivity index (χ4n) is 4.37. The predicted octanol–water partition coefficient (Wildman–Crippen LogP) is 5.81. The maximum absolute atomic E-state index is 12.5. The molecule has 0 saturated carbocycles. The highest BCUT2D eigenvalue weighted by atomic mass is 32.2. The molecule has 0 spiro atoms. The van der Waals surface area contributed by atoms with Gasteiger partial charge in [0.15, 0.2) is 19.7 Å². The van der Waals surface area contributed by atoms with Crippen molar-refractivity contribution < 1.29 is 16.8 Å². The van der Waals surface area contributed by atoms with Crippen LogP contribution in [-0.4, -0.2) is 28.3 Å². The molecule has 0 atom stereocenters. The molecule has 4 bridgehead atoms. The van der Waals surface area contributed by atoms with Crippen molar-refractivity contribution in [2.45, 2.75) is 43.6 Å². The summed E-state index contributed by atoms with van der Waals surface area (Å²) in [5.41, 5.74) is 5.75. The lowest BCUT2D eigenvalue weighted by Crippen LogP contribution is -2.10. The highest BCUT2D eigenvalue weighted by Crippen LogP contribution is 2.32. The van der Waals surface area contributed by atoms with Gasteiger partial charge < -0.3 is 0 Å². The van der Waals surface area contributed by atoms with E-state index in [4.69, 9.17) is 0 Å². The summed E-state index contributed by atoms with van der Waals surface area (Å²) >= 11 is 0. The molecule has 0 aromatic heterocycles. The third kappa shape index (κ3) is 6.55. The van der Waals surface area contributed by atoms with Crippen LogP contribution in [0.15, 0.2) is 72.8 Å². The lowest BCUT2D eigenvalue weighted by molar-refractivity contribution is 0.581. The van der Waals surface area contributed by atoms with Crippen LogP contribution < -0.4 is 0 Å². The van der Waals surface area contributed by atoms with Crippen LogP contribution in [0.4, 0.5) is 0 Å². The van der Waals surface area contributed by atoms with E-state index in [-0.39, 0.29) is 23.0 Å². The molecule has 0 unspecified atom stereocenters. The Morgan fingerprint density at radius 2 is 0.818 bits per heavy atom. The Balaban J connectivity index is 1.69. The van der Waals surface area contributed by atoms with E-state index in [0.29, 0.717) is 12.8 Å². The van der Waals surface area contributed by atoms with Gasteiger partial charge in [-0.25, -0.2) is 16.8 Å². The van der Waals surface area contributed by atoms with Crippen molar-refractivity contribution >= 4 is 19.7 Å². The average molecular weight is 483 g/mol. The number of benzene rings is 3. The zero-order valence-corrected chi connectivity index (χ0v) is 20.4. The first-order valence-corrected chi connectivity index (χ1v) is 15.1. The summed E-state index contributed by atoms with van der Waals surface area (Å²) in [5, 5.41) is 0. The van der Waals surface area contributed by atoms with Crippen molar-refractivity contribution in [3.8, 4) is 22.3 Å². The van der Waals surface area contributed by atoms with Gasteiger partial charge in [-0.3, -0.25) is 0 Å². The molecule has 3 aliphatic heterocycles. The zero-order chi connectivity index (χ0) is 23.3. The fraction of sp³-hybridized carbons (Fsp3) is 0.333. The van der Waals surface area contributed by atoms with Crippen molar-refractivity contribution in [1.29, 1.82) is 0 Å². The van der Waals surface area contributed by atoms with Gasteiger partial charge in [-0.2, -0.15) is 0 Å². The van der Waals surface area contributed by atoms with E-state index in [2.05, 4.69) is 12.1 Å². The number of hydrogen-bond acceptors (Lipinski definition) is 4. The quantitative estimate of drug-likeness (QED) is 0.405. The first-order valence-electron chi connectivity index (χ1n) is 11.5. The lowest BCUT2D eigenvalue weighted by atomic mass is 9.94. The van der Waals surface area contributed by atoms with Crippen LogP contribution in [-0.2, 0) is 31.2 Å². The molecule has 3 heterocycles. The van der Waals surface area contributed by atoms with Gasteiger partial charge in [0.05, 0.1) is 23.0 Å². The van der Waals surface area contributed by atoms with Crippen LogP contribution in [0.3, 0.4) is 0 Å². The summed E-state index contributed by atoms with van der Waals surface area (Å²) in [7, 11) is -6.34. The number of sulfone groups is 2. The molecular weight excluding hydrogens is 452 g/mol. The molecular formula is C27H30O4S2. The van der Waals surface area contributed by atoms with Crippen molar-refractivity contribution in [3.63, 3.8) is 0 Å². The summed E-state index contributed by atoms with van der Waals surface area (Å²) in [6.07, 6.45) is 3.69. The maximum atomic E-state index is 12.5. The van der Waals surface area contributed by atoms with E-state index in [9.17, 15) is 16.8 Å². The van der Waals surface area contributed by atoms with Crippen LogP contribution in [0.5, 0.6) is 0 Å². The van der Waals surface area contributed by atoms with E-state index >= 15 is 0 Å². The standard InChI is InChI=1S/C27H30O4S2/c28-32(29)18-6-2-1-3-7-19-33(30,31)21-23-12-16-25(17-13-23)27-9-5-4-8-26(27)24-14-10-22(20-32)11-15-24/h4-5,8-17H,1-3,6-7,18-21H2. The van der Waals surface area contributed by atoms with Crippen LogP contribution in [0.25, 0.3) is 22.3 Å². The summed E-state index contributed by atoms with van der Waals surface area (Å²) in [5.74, 6) is 0.441. The van der Waals surface area contributed by atoms with Gasteiger partial charge in [0, 0.05) is 0 Å². The van der Waals surface area contributed by atoms with Crippen molar-refractivity contribution in [1.82, 2.24) is 0 Å². The molecule has 0 saturated heterocycles. The third-order valence-electron chi connectivity index (χ3n) is 6.14. The molecule has 0 radical (unpaired) electrons. The van der Waals surface area contributed by atoms with Gasteiger partial charge in [0.25, 0.3) is 0 Å². The Hall–Kier alpha value is -2.44. The molecule has 0 N–H and O–H groups in total. The Morgan fingerprint density at radius 3 is 1.21 bits per heavy atom. The fourth-order valence-corrected chi connectivity index (χ4v) is 7.35. The minimum Gasteiger partial charge on any atom is -0.228 e. The SMILES string of the molecule is O=S1(=O)CCCCCCCS(=O)(=O)Cc2ccc(cc2)-c2ccccc2-c2ccc(cc2)C1. The Morgan fingerprint density at radius 1 is 0.455 bits per heavy atom. The first-order chi connectivity index (χ1) is 15.8. The number of hydrogen-bond donors (Lipinski definition) is 0. The minimum atomic E-state index is -3.17. The van der Waals surface area contributed by atoms with Gasteiger partial charge in [-0.15, -0.1) is 0 Å². The van der Waals surface area contributed by atoms with E-state index in [1.165, 1.54) is 0 Å². The van der Waals surface area contributed by atoms with E-state index in [0.717, 1.165) is 52.6 Å². The van der Waals surface area contributed by atoms with Crippen molar-refractivity contribution in [3.05, 3.63) is 83.9 Å². The number of rotatable bonds is 0. The highest BCUT2D eigenvalue weighted by Gasteiger charge is 2.15. The smallest absolute Gasteiger partial charge is 0.154 e. The van der Waals surface area contributed by atoms with Gasteiger partial charge in [-0.05, 0) is 46.2 Å². The Kier molecular flexibility index (Phi) is 7.35. The Labute approximate surface area is 197 Å². The molecule has 6 rings (SSSR count). The minimum absolute atomic E-state index is 0.0502. The van der Waals surface area contributed by atoms with Gasteiger partial charge in [0.2, 0.25) is 0 Å². The van der Waals surface area contributed by atoms with Crippen LogP contribution in [0.1, 0.15) is 43.2 Å². The van der Waals surface area contributed by atoms with Crippen LogP contribution in [0, 0.1) is 0 Å². The second kappa shape index (κ2) is 10.2. The third-order valence-corrected chi connectivity index (χ3v) is 9.51. The second-order valence-corrected chi connectivity index (χ2v) is 13.3. The molecule has 33 heavy (non-hydrogen) atoms. The second-order valence-electron chi connectivity index (χ2n) is 8.89. The molecule has 0 fully saturated rings. The Bertz CT molecular complexity index is 1190. The molecule has 4 nitrogen and oxygen atoms in total. The topological polar surface area (TPSA) is 68.3 Å². The van der Waals surface area contributed by atoms with Crippen molar-refractivity contribution in [2.75, 3.05) is 11.5 Å². The molecule has 174 valence electrons.